The Labute approximate surface area is 112 Å². The summed E-state index contributed by atoms with van der Waals surface area (Å²) in [7, 11) is 1.18. The molecule has 106 valence electrons. The number of carbonyl (C=O) groups is 1. The van der Waals surface area contributed by atoms with E-state index in [2.05, 4.69) is 5.32 Å². The van der Waals surface area contributed by atoms with Crippen molar-refractivity contribution in [3.63, 3.8) is 0 Å². The van der Waals surface area contributed by atoms with Crippen molar-refractivity contribution in [1.29, 1.82) is 0 Å². The van der Waals surface area contributed by atoms with Crippen LogP contribution in [0.5, 0.6) is 0 Å². The highest BCUT2D eigenvalue weighted by atomic mass is 35.7. The Morgan fingerprint density at radius 3 is 2.16 bits per heavy atom. The van der Waals surface area contributed by atoms with E-state index < -0.39 is 34.1 Å². The van der Waals surface area contributed by atoms with Crippen LogP contribution in [0.1, 0.15) is 16.8 Å². The predicted molar refractivity (Wildman–Crippen MR) is 62.5 cm³/mol. The number of hydrogen-bond donors (Lipinski definition) is 1. The number of carbonyl (C=O) groups excluding carboxylic acids is 1. The molecule has 1 aromatic rings. The van der Waals surface area contributed by atoms with Gasteiger partial charge in [0.1, 0.15) is 0 Å². The predicted octanol–water partition coefficient (Wildman–Crippen LogP) is 2.30. The lowest BCUT2D eigenvalue weighted by molar-refractivity contribution is -0.132. The molecular formula is C10H9ClF3NO3S. The number of nitrogens with one attached hydrogen (secondary N) is 1. The molecule has 0 unspecified atom stereocenters. The van der Waals surface area contributed by atoms with Crippen LogP contribution in [0.2, 0.25) is 0 Å². The molecule has 0 aromatic heterocycles. The molecule has 1 aromatic carbocycles. The standard InChI is InChI=1S/C10H9ClF3NO3S/c11-19(17,18)8-3-1-7(2-4-8)9(16)15-6-5-10(12,13)14/h1-4H,5-6H2,(H,15,16). The average molecular weight is 316 g/mol. The molecule has 0 aliphatic heterocycles. The molecule has 0 saturated carbocycles. The molecule has 0 saturated heterocycles. The monoisotopic (exact) mass is 315 g/mol. The average Bonchev–Trinajstić information content (AvgIpc) is 2.26. The van der Waals surface area contributed by atoms with E-state index in [4.69, 9.17) is 10.7 Å². The third kappa shape index (κ3) is 5.48. The summed E-state index contributed by atoms with van der Waals surface area (Å²) in [6.45, 7) is -0.544. The number of benzene rings is 1. The van der Waals surface area contributed by atoms with Gasteiger partial charge in [0.25, 0.3) is 15.0 Å². The van der Waals surface area contributed by atoms with Crippen molar-refractivity contribution in [3.05, 3.63) is 29.8 Å². The van der Waals surface area contributed by atoms with Gasteiger partial charge >= 0.3 is 6.18 Å². The lowest BCUT2D eigenvalue weighted by Gasteiger charge is -2.08. The van der Waals surface area contributed by atoms with Crippen LogP contribution < -0.4 is 5.32 Å². The number of hydrogen-bond acceptors (Lipinski definition) is 3. The second kappa shape index (κ2) is 5.79. The maximum Gasteiger partial charge on any atom is 0.390 e. The van der Waals surface area contributed by atoms with Crippen LogP contribution in [-0.4, -0.2) is 27.0 Å². The third-order valence-corrected chi connectivity index (χ3v) is 3.46. The van der Waals surface area contributed by atoms with E-state index in [-0.39, 0.29) is 10.5 Å². The first-order valence-corrected chi connectivity index (χ1v) is 7.30. The number of amides is 1. The summed E-state index contributed by atoms with van der Waals surface area (Å²) >= 11 is 0. The molecule has 0 aliphatic carbocycles. The Morgan fingerprint density at radius 1 is 1.21 bits per heavy atom. The first-order chi connectivity index (χ1) is 8.59. The fraction of sp³-hybridized carbons (Fsp3) is 0.300. The molecule has 1 rings (SSSR count). The topological polar surface area (TPSA) is 63.2 Å². The van der Waals surface area contributed by atoms with E-state index in [0.717, 1.165) is 24.3 Å². The van der Waals surface area contributed by atoms with Crippen LogP contribution in [0.4, 0.5) is 13.2 Å². The van der Waals surface area contributed by atoms with Gasteiger partial charge < -0.3 is 5.32 Å². The van der Waals surface area contributed by atoms with Crippen LogP contribution in [0.3, 0.4) is 0 Å². The Bertz CT molecular complexity index is 554. The van der Waals surface area contributed by atoms with E-state index in [0.29, 0.717) is 0 Å². The molecule has 0 fully saturated rings. The van der Waals surface area contributed by atoms with Gasteiger partial charge in [0.05, 0.1) is 11.3 Å². The molecule has 0 atom stereocenters. The van der Waals surface area contributed by atoms with Crippen molar-refractivity contribution < 1.29 is 26.4 Å². The van der Waals surface area contributed by atoms with Gasteiger partial charge in [-0.1, -0.05) is 0 Å². The molecule has 1 N–H and O–H groups in total. The van der Waals surface area contributed by atoms with Crippen LogP contribution in [0, 0.1) is 0 Å². The molecule has 19 heavy (non-hydrogen) atoms. The van der Waals surface area contributed by atoms with Gasteiger partial charge in [-0.15, -0.1) is 0 Å². The van der Waals surface area contributed by atoms with E-state index in [1.54, 1.807) is 0 Å². The summed E-state index contributed by atoms with van der Waals surface area (Å²) < 4.78 is 57.5. The van der Waals surface area contributed by atoms with E-state index in [1.807, 2.05) is 0 Å². The second-order valence-electron chi connectivity index (χ2n) is 3.58. The number of rotatable bonds is 4. The molecular weight excluding hydrogens is 307 g/mol. The molecule has 0 aliphatic rings. The molecule has 0 bridgehead atoms. The van der Waals surface area contributed by atoms with E-state index >= 15 is 0 Å². The maximum absolute atomic E-state index is 11.9. The third-order valence-electron chi connectivity index (χ3n) is 2.09. The fourth-order valence-electron chi connectivity index (χ4n) is 1.19. The minimum atomic E-state index is -4.34. The van der Waals surface area contributed by atoms with Gasteiger partial charge in [0.2, 0.25) is 0 Å². The minimum Gasteiger partial charge on any atom is -0.352 e. The van der Waals surface area contributed by atoms with E-state index in [1.165, 1.54) is 0 Å². The molecule has 1 amide bonds. The zero-order valence-electron chi connectivity index (χ0n) is 9.37. The highest BCUT2D eigenvalue weighted by Crippen LogP contribution is 2.18. The number of alkyl halides is 3. The van der Waals surface area contributed by atoms with Gasteiger partial charge in [-0.2, -0.15) is 13.2 Å². The summed E-state index contributed by atoms with van der Waals surface area (Å²) in [5, 5.41) is 2.07. The molecule has 0 spiro atoms. The molecule has 4 nitrogen and oxygen atoms in total. The number of halogens is 4. The van der Waals surface area contributed by atoms with E-state index in [9.17, 15) is 26.4 Å². The van der Waals surface area contributed by atoms with Gasteiger partial charge in [0.15, 0.2) is 0 Å². The van der Waals surface area contributed by atoms with Crippen molar-refractivity contribution in [2.45, 2.75) is 17.5 Å². The first-order valence-electron chi connectivity index (χ1n) is 4.99. The van der Waals surface area contributed by atoms with Crippen LogP contribution in [0.25, 0.3) is 0 Å². The summed E-state index contributed by atoms with van der Waals surface area (Å²) in [6.07, 6.45) is -5.48. The summed E-state index contributed by atoms with van der Waals surface area (Å²) in [5.74, 6) is -0.720. The molecule has 9 heteroatoms. The smallest absolute Gasteiger partial charge is 0.352 e. The second-order valence-corrected chi connectivity index (χ2v) is 6.15. The Balaban J connectivity index is 2.64. The van der Waals surface area contributed by atoms with Crippen LogP contribution >= 0.6 is 10.7 Å². The highest BCUT2D eigenvalue weighted by Gasteiger charge is 2.26. The van der Waals surface area contributed by atoms with Gasteiger partial charge in [-0.3, -0.25) is 4.79 Å². The van der Waals surface area contributed by atoms with Gasteiger partial charge in [-0.25, -0.2) is 8.42 Å². The van der Waals surface area contributed by atoms with Crippen LogP contribution in [-0.2, 0) is 9.05 Å². The largest absolute Gasteiger partial charge is 0.390 e. The molecule has 0 radical (unpaired) electrons. The zero-order chi connectivity index (χ0) is 14.7. The van der Waals surface area contributed by atoms with Gasteiger partial charge in [0, 0.05) is 22.8 Å². The SMILES string of the molecule is O=C(NCCC(F)(F)F)c1ccc(S(=O)(=O)Cl)cc1. The summed E-state index contributed by atoms with van der Waals surface area (Å²) in [4.78, 5) is 11.2. The Morgan fingerprint density at radius 2 is 1.74 bits per heavy atom. The zero-order valence-corrected chi connectivity index (χ0v) is 10.9. The minimum absolute atomic E-state index is 0.0474. The summed E-state index contributed by atoms with van der Waals surface area (Å²) in [6, 6.07) is 4.53. The van der Waals surface area contributed by atoms with Crippen molar-refractivity contribution in [1.82, 2.24) is 5.32 Å². The summed E-state index contributed by atoms with van der Waals surface area (Å²) in [5.41, 5.74) is 0.0474. The normalized spacial score (nSPS) is 12.2. The van der Waals surface area contributed by atoms with Crippen molar-refractivity contribution in [2.75, 3.05) is 6.54 Å². The quantitative estimate of drug-likeness (QED) is 0.867. The van der Waals surface area contributed by atoms with Crippen LogP contribution in [0.15, 0.2) is 29.2 Å². The van der Waals surface area contributed by atoms with Gasteiger partial charge in [-0.05, 0) is 24.3 Å². The maximum atomic E-state index is 11.9. The lowest BCUT2D eigenvalue weighted by atomic mass is 10.2. The fourth-order valence-corrected chi connectivity index (χ4v) is 1.96. The van der Waals surface area contributed by atoms with Crippen molar-refractivity contribution >= 4 is 25.6 Å². The van der Waals surface area contributed by atoms with Crippen molar-refractivity contribution in [3.8, 4) is 0 Å². The first kappa shape index (κ1) is 15.8. The Kier molecular flexibility index (Phi) is 4.81. The Hall–Kier alpha value is -1.28. The molecule has 0 heterocycles. The van der Waals surface area contributed by atoms with Crippen molar-refractivity contribution in [2.24, 2.45) is 0 Å². The highest BCUT2D eigenvalue weighted by molar-refractivity contribution is 8.13. The lowest BCUT2D eigenvalue weighted by Crippen LogP contribution is -2.27.